The molecule has 146 valence electrons. The maximum Gasteiger partial charge on any atom is 0.293 e. The van der Waals surface area contributed by atoms with Crippen molar-refractivity contribution in [2.75, 3.05) is 7.11 Å². The number of hydrogen-bond acceptors (Lipinski definition) is 4. The van der Waals surface area contributed by atoms with Gasteiger partial charge >= 0.3 is 0 Å². The molecule has 29 heavy (non-hydrogen) atoms. The Kier molecular flexibility index (Phi) is 5.81. The van der Waals surface area contributed by atoms with Gasteiger partial charge in [-0.05, 0) is 83.7 Å². The van der Waals surface area contributed by atoms with Crippen LogP contribution in [0, 0.1) is 0 Å². The predicted octanol–water partition coefficient (Wildman–Crippen LogP) is 6.61. The van der Waals surface area contributed by atoms with E-state index in [9.17, 15) is 9.59 Å². The van der Waals surface area contributed by atoms with Crippen LogP contribution < -0.4 is 4.74 Å². The molecule has 0 atom stereocenters. The van der Waals surface area contributed by atoms with Gasteiger partial charge in [0.05, 0.1) is 27.5 Å². The van der Waals surface area contributed by atoms with Gasteiger partial charge in [0.25, 0.3) is 11.1 Å². The average Bonchev–Trinajstić information content (AvgIpc) is 2.95. The first-order valence-electron chi connectivity index (χ1n) is 8.73. The molecule has 3 aromatic rings. The van der Waals surface area contributed by atoms with E-state index in [1.807, 2.05) is 54.6 Å². The average molecular weight is 533 g/mol. The number of methoxy groups -OCH3 is 1. The second kappa shape index (κ2) is 8.34. The molecule has 1 aliphatic rings. The Morgan fingerprint density at radius 2 is 1.72 bits per heavy atom. The number of carbonyl (C=O) groups excluding carboxylic acids is 2. The third-order valence-electron chi connectivity index (χ3n) is 4.60. The van der Waals surface area contributed by atoms with Crippen LogP contribution in [0.4, 0.5) is 4.79 Å². The summed E-state index contributed by atoms with van der Waals surface area (Å²) in [6, 6.07) is 17.6. The fraction of sp³-hybridized carbons (Fsp3) is 0.0909. The largest absolute Gasteiger partial charge is 0.494 e. The monoisotopic (exact) mass is 531 g/mol. The van der Waals surface area contributed by atoms with Gasteiger partial charge in [0.15, 0.2) is 0 Å². The first-order valence-corrected chi connectivity index (χ1v) is 11.1. The minimum atomic E-state index is -0.281. The van der Waals surface area contributed by atoms with Crippen LogP contribution >= 0.6 is 43.6 Å². The van der Waals surface area contributed by atoms with Gasteiger partial charge in [-0.2, -0.15) is 0 Å². The number of halogens is 2. The predicted molar refractivity (Wildman–Crippen MR) is 124 cm³/mol. The number of thioether (sulfide) groups is 1. The van der Waals surface area contributed by atoms with Crippen molar-refractivity contribution in [2.45, 2.75) is 6.54 Å². The van der Waals surface area contributed by atoms with Crippen LogP contribution in [0.25, 0.3) is 16.8 Å². The standard InChI is InChI=1S/C22H15Br2NO3S/c1-28-20-17(23)9-13(10-18(20)24)11-19-21(26)25(22(27)29-19)12-15-7-4-6-14-5-2-3-8-16(14)15/h2-11H,12H2,1H3/b19-11-. The SMILES string of the molecule is COc1c(Br)cc(/C=C2\SC(=O)N(Cc3cccc4ccccc34)C2=O)cc1Br. The molecule has 1 fully saturated rings. The number of imide groups is 1. The molecular formula is C22H15Br2NO3S. The van der Waals surface area contributed by atoms with E-state index in [1.54, 1.807) is 13.2 Å². The number of amides is 2. The Hall–Kier alpha value is -2.09. The molecule has 0 radical (unpaired) electrons. The Labute approximate surface area is 189 Å². The third kappa shape index (κ3) is 3.99. The van der Waals surface area contributed by atoms with E-state index in [2.05, 4.69) is 31.9 Å². The molecule has 0 unspecified atom stereocenters. The minimum absolute atomic E-state index is 0.249. The third-order valence-corrected chi connectivity index (χ3v) is 6.69. The highest BCUT2D eigenvalue weighted by molar-refractivity contribution is 9.11. The van der Waals surface area contributed by atoms with Crippen molar-refractivity contribution in [3.63, 3.8) is 0 Å². The van der Waals surface area contributed by atoms with Crippen LogP contribution in [-0.2, 0) is 11.3 Å². The van der Waals surface area contributed by atoms with E-state index in [-0.39, 0.29) is 17.7 Å². The Bertz CT molecular complexity index is 1150. The summed E-state index contributed by atoms with van der Waals surface area (Å²) in [5, 5.41) is 1.86. The number of carbonyl (C=O) groups is 2. The molecule has 0 N–H and O–H groups in total. The van der Waals surface area contributed by atoms with Crippen molar-refractivity contribution in [2.24, 2.45) is 0 Å². The van der Waals surface area contributed by atoms with Gasteiger partial charge in [-0.1, -0.05) is 42.5 Å². The fourth-order valence-electron chi connectivity index (χ4n) is 3.25. The van der Waals surface area contributed by atoms with Gasteiger partial charge in [0.2, 0.25) is 0 Å². The molecule has 0 aromatic heterocycles. The summed E-state index contributed by atoms with van der Waals surface area (Å²) in [5.41, 5.74) is 1.74. The summed E-state index contributed by atoms with van der Waals surface area (Å²) in [6.45, 7) is 0.249. The first-order chi connectivity index (χ1) is 14.0. The van der Waals surface area contributed by atoms with Crippen LogP contribution in [0.1, 0.15) is 11.1 Å². The number of fused-ring (bicyclic) bond motifs is 1. The van der Waals surface area contributed by atoms with Gasteiger partial charge in [-0.15, -0.1) is 0 Å². The first kappa shape index (κ1) is 20.2. The molecule has 2 amide bonds. The molecule has 0 bridgehead atoms. The van der Waals surface area contributed by atoms with Crippen LogP contribution in [0.15, 0.2) is 68.4 Å². The van der Waals surface area contributed by atoms with E-state index in [4.69, 9.17) is 4.74 Å². The zero-order valence-corrected chi connectivity index (χ0v) is 19.3. The van der Waals surface area contributed by atoms with Crippen LogP contribution in [0.2, 0.25) is 0 Å². The molecule has 1 heterocycles. The maximum absolute atomic E-state index is 12.9. The molecule has 0 saturated carbocycles. The van der Waals surface area contributed by atoms with Crippen molar-refractivity contribution in [1.82, 2.24) is 4.90 Å². The lowest BCUT2D eigenvalue weighted by atomic mass is 10.0. The van der Waals surface area contributed by atoms with Gasteiger partial charge in [0, 0.05) is 0 Å². The second-order valence-electron chi connectivity index (χ2n) is 6.42. The lowest BCUT2D eigenvalue weighted by molar-refractivity contribution is -0.123. The van der Waals surface area contributed by atoms with Crippen molar-refractivity contribution in [3.8, 4) is 5.75 Å². The minimum Gasteiger partial charge on any atom is -0.494 e. The van der Waals surface area contributed by atoms with E-state index in [0.717, 1.165) is 42.6 Å². The number of ether oxygens (including phenoxy) is 1. The van der Waals surface area contributed by atoms with E-state index >= 15 is 0 Å². The highest BCUT2D eigenvalue weighted by atomic mass is 79.9. The highest BCUT2D eigenvalue weighted by Crippen LogP contribution is 2.38. The summed E-state index contributed by atoms with van der Waals surface area (Å²) < 4.78 is 6.83. The Morgan fingerprint density at radius 3 is 2.45 bits per heavy atom. The van der Waals surface area contributed by atoms with Crippen molar-refractivity contribution in [1.29, 1.82) is 0 Å². The summed E-state index contributed by atoms with van der Waals surface area (Å²) in [6.07, 6.45) is 1.73. The number of benzene rings is 3. The van der Waals surface area contributed by atoms with Crippen molar-refractivity contribution >= 4 is 71.6 Å². The van der Waals surface area contributed by atoms with Crippen LogP contribution in [0.3, 0.4) is 0 Å². The van der Waals surface area contributed by atoms with Gasteiger partial charge < -0.3 is 4.74 Å². The fourth-order valence-corrected chi connectivity index (χ4v) is 5.63. The summed E-state index contributed by atoms with van der Waals surface area (Å²) >= 11 is 7.88. The molecule has 0 aliphatic carbocycles. The summed E-state index contributed by atoms with van der Waals surface area (Å²) in [4.78, 5) is 27.2. The quantitative estimate of drug-likeness (QED) is 0.355. The molecule has 3 aromatic carbocycles. The summed E-state index contributed by atoms with van der Waals surface area (Å²) in [7, 11) is 1.59. The van der Waals surface area contributed by atoms with E-state index in [1.165, 1.54) is 4.90 Å². The van der Waals surface area contributed by atoms with Crippen molar-refractivity contribution in [3.05, 3.63) is 79.6 Å². The molecule has 4 nitrogen and oxygen atoms in total. The molecule has 1 aliphatic heterocycles. The van der Waals surface area contributed by atoms with Crippen LogP contribution in [-0.4, -0.2) is 23.2 Å². The normalized spacial score (nSPS) is 15.6. The zero-order chi connectivity index (χ0) is 20.5. The lowest BCUT2D eigenvalue weighted by Gasteiger charge is -2.14. The Balaban J connectivity index is 1.63. The lowest BCUT2D eigenvalue weighted by Crippen LogP contribution is -2.27. The van der Waals surface area contributed by atoms with Gasteiger partial charge in [0.1, 0.15) is 5.75 Å². The van der Waals surface area contributed by atoms with Crippen LogP contribution in [0.5, 0.6) is 5.75 Å². The second-order valence-corrected chi connectivity index (χ2v) is 9.13. The molecule has 0 spiro atoms. The number of hydrogen-bond donors (Lipinski definition) is 0. The summed E-state index contributed by atoms with van der Waals surface area (Å²) in [5.74, 6) is 0.391. The topological polar surface area (TPSA) is 46.6 Å². The Morgan fingerprint density at radius 1 is 1.03 bits per heavy atom. The molecular weight excluding hydrogens is 518 g/mol. The molecule has 1 saturated heterocycles. The smallest absolute Gasteiger partial charge is 0.293 e. The van der Waals surface area contributed by atoms with Gasteiger partial charge in [-0.25, -0.2) is 0 Å². The number of rotatable bonds is 4. The van der Waals surface area contributed by atoms with Gasteiger partial charge in [-0.3, -0.25) is 14.5 Å². The zero-order valence-electron chi connectivity index (χ0n) is 15.3. The highest BCUT2D eigenvalue weighted by Gasteiger charge is 2.35. The van der Waals surface area contributed by atoms with E-state index < -0.39 is 0 Å². The van der Waals surface area contributed by atoms with Crippen molar-refractivity contribution < 1.29 is 14.3 Å². The van der Waals surface area contributed by atoms with E-state index in [0.29, 0.717) is 10.7 Å². The maximum atomic E-state index is 12.9. The molecule has 7 heteroatoms. The molecule has 4 rings (SSSR count). The number of nitrogens with zero attached hydrogens (tertiary/aromatic N) is 1.